The number of phosphoric ester groups is 1. The van der Waals surface area contributed by atoms with Crippen LogP contribution in [0.3, 0.4) is 0 Å². The quantitative estimate of drug-likeness (QED) is 0.0274. The first-order valence-corrected chi connectivity index (χ1v) is 19.6. The molecule has 0 spiro atoms. The zero-order chi connectivity index (χ0) is 36.5. The van der Waals surface area contributed by atoms with Crippen LogP contribution in [0.5, 0.6) is 0 Å². The van der Waals surface area contributed by atoms with Crippen LogP contribution in [0.15, 0.2) is 24.3 Å². The van der Waals surface area contributed by atoms with Crippen molar-refractivity contribution in [3.05, 3.63) is 24.3 Å². The summed E-state index contributed by atoms with van der Waals surface area (Å²) < 4.78 is 33.0. The fraction of sp³-hybridized carbons (Fsp3) is 0.829. The topological polar surface area (TPSA) is 210 Å². The van der Waals surface area contributed by atoms with Gasteiger partial charge in [-0.15, -0.1) is 0 Å². The van der Waals surface area contributed by atoms with Crippen molar-refractivity contribution in [3.8, 4) is 0 Å². The number of allylic oxidation sites excluding steroid dienone is 4. The number of unbranched alkanes of at least 4 members (excludes halogenated alkanes) is 12. The molecule has 286 valence electrons. The molecule has 0 radical (unpaired) electrons. The second-order valence-corrected chi connectivity index (χ2v) is 14.1. The first-order chi connectivity index (χ1) is 23.4. The predicted molar refractivity (Wildman–Crippen MR) is 184 cm³/mol. The molecule has 0 aromatic rings. The van der Waals surface area contributed by atoms with Gasteiger partial charge in [-0.1, -0.05) is 95.9 Å². The van der Waals surface area contributed by atoms with E-state index in [-0.39, 0.29) is 12.8 Å². The van der Waals surface area contributed by atoms with Gasteiger partial charge in [0.1, 0.15) is 43.2 Å². The van der Waals surface area contributed by atoms with Gasteiger partial charge in [0.2, 0.25) is 0 Å². The fourth-order valence-corrected chi connectivity index (χ4v) is 6.23. The molecule has 14 heteroatoms. The lowest BCUT2D eigenvalue weighted by molar-refractivity contribution is -0.220. The molecule has 0 amide bonds. The molecule has 1 saturated carbocycles. The van der Waals surface area contributed by atoms with Gasteiger partial charge in [0.05, 0.1) is 6.61 Å². The fourth-order valence-electron chi connectivity index (χ4n) is 5.26. The second kappa shape index (κ2) is 27.0. The summed E-state index contributed by atoms with van der Waals surface area (Å²) >= 11 is 0. The molecule has 1 rings (SSSR count). The van der Waals surface area contributed by atoms with Crippen LogP contribution in [-0.2, 0) is 32.7 Å². The lowest BCUT2D eigenvalue weighted by Crippen LogP contribution is -2.64. The Morgan fingerprint density at radius 1 is 0.633 bits per heavy atom. The molecule has 13 nitrogen and oxygen atoms in total. The summed E-state index contributed by atoms with van der Waals surface area (Å²) in [6.45, 7) is 3.07. The molecule has 0 bridgehead atoms. The van der Waals surface area contributed by atoms with Crippen molar-refractivity contribution in [2.24, 2.45) is 0 Å². The summed E-state index contributed by atoms with van der Waals surface area (Å²) in [6.07, 6.45) is 12.0. The van der Waals surface area contributed by atoms with Gasteiger partial charge >= 0.3 is 19.8 Å². The Morgan fingerprint density at radius 2 is 1.10 bits per heavy atom. The van der Waals surface area contributed by atoms with Crippen molar-refractivity contribution < 1.29 is 63.1 Å². The van der Waals surface area contributed by atoms with Gasteiger partial charge in [0.15, 0.2) is 6.10 Å². The molecule has 1 aliphatic carbocycles. The van der Waals surface area contributed by atoms with Crippen LogP contribution < -0.4 is 0 Å². The number of ether oxygens (including phenoxy) is 2. The molecule has 0 aliphatic heterocycles. The van der Waals surface area contributed by atoms with E-state index < -0.39 is 75.7 Å². The van der Waals surface area contributed by atoms with E-state index >= 15 is 0 Å². The Balaban J connectivity index is 2.49. The van der Waals surface area contributed by atoms with E-state index in [2.05, 4.69) is 31.2 Å². The van der Waals surface area contributed by atoms with Gasteiger partial charge in [0, 0.05) is 12.8 Å². The molecule has 6 N–H and O–H groups in total. The first kappa shape index (κ1) is 45.4. The zero-order valence-corrected chi connectivity index (χ0v) is 30.4. The monoisotopic (exact) mass is 722 g/mol. The molecule has 0 aromatic heterocycles. The highest BCUT2D eigenvalue weighted by molar-refractivity contribution is 7.47. The van der Waals surface area contributed by atoms with Crippen molar-refractivity contribution in [3.63, 3.8) is 0 Å². The molecule has 49 heavy (non-hydrogen) atoms. The first-order valence-electron chi connectivity index (χ1n) is 18.1. The van der Waals surface area contributed by atoms with Gasteiger partial charge in [-0.2, -0.15) is 0 Å². The number of carbonyl (C=O) groups excluding carboxylic acids is 2. The Bertz CT molecular complexity index is 975. The molecule has 0 aromatic carbocycles. The summed E-state index contributed by atoms with van der Waals surface area (Å²) in [5.41, 5.74) is 0. The van der Waals surface area contributed by atoms with Gasteiger partial charge < -0.3 is 39.9 Å². The summed E-state index contributed by atoms with van der Waals surface area (Å²) in [6, 6.07) is 0. The van der Waals surface area contributed by atoms with E-state index in [0.717, 1.165) is 64.2 Å². The minimum atomic E-state index is -5.10. The smallest absolute Gasteiger partial charge is 0.462 e. The summed E-state index contributed by atoms with van der Waals surface area (Å²) in [4.78, 5) is 35.0. The van der Waals surface area contributed by atoms with Crippen LogP contribution in [0.25, 0.3) is 0 Å². The maximum Gasteiger partial charge on any atom is 0.472 e. The highest BCUT2D eigenvalue weighted by Gasteiger charge is 2.51. The summed E-state index contributed by atoms with van der Waals surface area (Å²) in [7, 11) is -5.10. The zero-order valence-electron chi connectivity index (χ0n) is 29.5. The predicted octanol–water partition coefficient (Wildman–Crippen LogP) is 4.94. The van der Waals surface area contributed by atoms with Crippen LogP contribution in [0.2, 0.25) is 0 Å². The van der Waals surface area contributed by atoms with Crippen molar-refractivity contribution >= 4 is 19.8 Å². The third kappa shape index (κ3) is 20.7. The minimum Gasteiger partial charge on any atom is -0.462 e. The molecular weight excluding hydrogens is 659 g/mol. The molecule has 0 saturated heterocycles. The van der Waals surface area contributed by atoms with E-state index in [1.54, 1.807) is 0 Å². The minimum absolute atomic E-state index is 0.0813. The number of carbonyl (C=O) groups is 2. The van der Waals surface area contributed by atoms with Gasteiger partial charge in [0.25, 0.3) is 0 Å². The maximum atomic E-state index is 12.6. The van der Waals surface area contributed by atoms with Crippen LogP contribution in [0.1, 0.15) is 129 Å². The molecule has 6 atom stereocenters. The number of rotatable bonds is 28. The van der Waals surface area contributed by atoms with E-state index in [9.17, 15) is 44.6 Å². The highest BCUT2D eigenvalue weighted by Crippen LogP contribution is 2.47. The Morgan fingerprint density at radius 3 is 1.67 bits per heavy atom. The average molecular weight is 723 g/mol. The third-order valence-electron chi connectivity index (χ3n) is 8.30. The van der Waals surface area contributed by atoms with E-state index in [0.29, 0.717) is 12.8 Å². The maximum absolute atomic E-state index is 12.6. The normalized spacial score (nSPS) is 24.7. The van der Waals surface area contributed by atoms with Crippen LogP contribution >= 0.6 is 7.82 Å². The molecule has 6 unspecified atom stereocenters. The van der Waals surface area contributed by atoms with Gasteiger partial charge in [-0.3, -0.25) is 18.6 Å². The molecule has 1 fully saturated rings. The van der Waals surface area contributed by atoms with Crippen LogP contribution in [-0.4, -0.2) is 98.3 Å². The number of aliphatic hydroxyl groups excluding tert-OH is 5. The van der Waals surface area contributed by atoms with E-state index in [4.69, 9.17) is 18.5 Å². The van der Waals surface area contributed by atoms with Crippen molar-refractivity contribution in [2.75, 3.05) is 13.2 Å². The number of hydrogen-bond acceptors (Lipinski definition) is 12. The number of phosphoric acid groups is 1. The van der Waals surface area contributed by atoms with Crippen molar-refractivity contribution in [2.45, 2.75) is 172 Å². The average Bonchev–Trinajstić information content (AvgIpc) is 3.07. The Kier molecular flexibility index (Phi) is 25.0. The summed E-state index contributed by atoms with van der Waals surface area (Å²) in [5, 5.41) is 49.7. The molecule has 0 heterocycles. The van der Waals surface area contributed by atoms with Crippen molar-refractivity contribution in [1.82, 2.24) is 0 Å². The lowest BCUT2D eigenvalue weighted by atomic mass is 9.85. The van der Waals surface area contributed by atoms with Gasteiger partial charge in [-0.25, -0.2) is 4.57 Å². The SMILES string of the molecule is CCCCCC/C=C\C/C=C\CCCCCCCC(=O)OC(COC(=O)CCCCCC)COP(=O)(O)OC1C(O)C(O)C(O)C(O)C1O. The van der Waals surface area contributed by atoms with Gasteiger partial charge in [-0.05, 0) is 44.9 Å². The number of esters is 2. The molecule has 1 aliphatic rings. The number of aliphatic hydroxyl groups is 5. The van der Waals surface area contributed by atoms with E-state index in [1.165, 1.54) is 25.7 Å². The van der Waals surface area contributed by atoms with Crippen LogP contribution in [0, 0.1) is 0 Å². The number of hydrogen-bond donors (Lipinski definition) is 6. The lowest BCUT2D eigenvalue weighted by Gasteiger charge is -2.41. The Hall–Kier alpha value is -1.67. The highest BCUT2D eigenvalue weighted by atomic mass is 31.2. The summed E-state index contributed by atoms with van der Waals surface area (Å²) in [5.74, 6) is -1.14. The molecular formula is C35H63O13P. The van der Waals surface area contributed by atoms with E-state index in [1.807, 2.05) is 6.92 Å². The Labute approximate surface area is 292 Å². The van der Waals surface area contributed by atoms with Crippen LogP contribution in [0.4, 0.5) is 0 Å². The standard InChI is InChI=1S/C35H63O13P/c1-3-5-7-9-10-11-12-13-14-15-16-17-18-19-20-22-24-29(37)47-27(25-45-28(36)23-21-8-6-4-2)26-46-49(43,44)48-35-33(41)31(39)30(38)32(40)34(35)42/h11-12,14-15,27,30-35,38-42H,3-10,13,16-26H2,1-2H3,(H,43,44)/b12-11-,15-14-. The largest absolute Gasteiger partial charge is 0.472 e. The third-order valence-corrected chi connectivity index (χ3v) is 9.28. The van der Waals surface area contributed by atoms with Crippen molar-refractivity contribution in [1.29, 1.82) is 0 Å². The second-order valence-electron chi connectivity index (χ2n) is 12.7.